The second-order valence-electron chi connectivity index (χ2n) is 6.58. The fourth-order valence-electron chi connectivity index (χ4n) is 3.48. The highest BCUT2D eigenvalue weighted by molar-refractivity contribution is 5.85. The van der Waals surface area contributed by atoms with Crippen LogP contribution in [0.2, 0.25) is 0 Å². The van der Waals surface area contributed by atoms with Gasteiger partial charge in [-0.1, -0.05) is 13.3 Å². The van der Waals surface area contributed by atoms with Gasteiger partial charge in [0.05, 0.1) is 5.54 Å². The van der Waals surface area contributed by atoms with E-state index < -0.39 is 5.54 Å². The average molecular weight is 267 g/mol. The Kier molecular flexibility index (Phi) is 4.85. The predicted octanol–water partition coefficient (Wildman–Crippen LogP) is 1.45. The van der Waals surface area contributed by atoms with Crippen LogP contribution >= 0.6 is 0 Å². The van der Waals surface area contributed by atoms with Crippen LogP contribution in [0.3, 0.4) is 0 Å². The summed E-state index contributed by atoms with van der Waals surface area (Å²) < 4.78 is 0. The molecule has 0 aromatic heterocycles. The number of rotatable bonds is 5. The Hall–Kier alpha value is -0.610. The maximum atomic E-state index is 12.4. The molecule has 0 saturated carbocycles. The van der Waals surface area contributed by atoms with Gasteiger partial charge < -0.3 is 15.5 Å². The lowest BCUT2D eigenvalue weighted by atomic mass is 9.96. The summed E-state index contributed by atoms with van der Waals surface area (Å²) >= 11 is 0. The van der Waals surface area contributed by atoms with Crippen LogP contribution in [0, 0.1) is 5.92 Å². The molecule has 0 bridgehead atoms. The van der Waals surface area contributed by atoms with Crippen molar-refractivity contribution >= 4 is 5.91 Å². The van der Waals surface area contributed by atoms with Crippen molar-refractivity contribution in [3.63, 3.8) is 0 Å². The van der Waals surface area contributed by atoms with Gasteiger partial charge in [0.15, 0.2) is 0 Å². The zero-order chi connectivity index (χ0) is 13.9. The van der Waals surface area contributed by atoms with Gasteiger partial charge in [-0.05, 0) is 51.6 Å². The summed E-state index contributed by atoms with van der Waals surface area (Å²) in [4.78, 5) is 17.0. The SMILES string of the molecule is CCCC(C)(N)C(=O)N1CCC(CN2CCCC2)C1. The molecule has 4 nitrogen and oxygen atoms in total. The third-order valence-corrected chi connectivity index (χ3v) is 4.55. The summed E-state index contributed by atoms with van der Waals surface area (Å²) in [5, 5.41) is 0. The standard InChI is InChI=1S/C15H29N3O/c1-3-7-15(2,16)14(19)18-10-6-13(12-18)11-17-8-4-5-9-17/h13H,3-12,16H2,1-2H3. The van der Waals surface area contributed by atoms with Gasteiger partial charge in [0.2, 0.25) is 5.91 Å². The minimum absolute atomic E-state index is 0.151. The van der Waals surface area contributed by atoms with Crippen molar-refractivity contribution in [2.24, 2.45) is 11.7 Å². The number of hydrogen-bond acceptors (Lipinski definition) is 3. The van der Waals surface area contributed by atoms with Crippen LogP contribution in [0.15, 0.2) is 0 Å². The summed E-state index contributed by atoms with van der Waals surface area (Å²) in [7, 11) is 0. The third-order valence-electron chi connectivity index (χ3n) is 4.55. The Labute approximate surface area is 117 Å². The molecule has 2 aliphatic heterocycles. The number of carbonyl (C=O) groups is 1. The van der Waals surface area contributed by atoms with Crippen LogP contribution in [0.25, 0.3) is 0 Å². The summed E-state index contributed by atoms with van der Waals surface area (Å²) in [6.07, 6.45) is 5.56. The molecule has 19 heavy (non-hydrogen) atoms. The van der Waals surface area contributed by atoms with E-state index in [2.05, 4.69) is 11.8 Å². The molecule has 0 radical (unpaired) electrons. The molecule has 2 atom stereocenters. The van der Waals surface area contributed by atoms with Gasteiger partial charge >= 0.3 is 0 Å². The Morgan fingerprint density at radius 2 is 2.00 bits per heavy atom. The monoisotopic (exact) mass is 267 g/mol. The fraction of sp³-hybridized carbons (Fsp3) is 0.933. The average Bonchev–Trinajstić information content (AvgIpc) is 3.00. The van der Waals surface area contributed by atoms with E-state index in [9.17, 15) is 4.79 Å². The Morgan fingerprint density at radius 1 is 1.32 bits per heavy atom. The summed E-state index contributed by atoms with van der Waals surface area (Å²) in [6, 6.07) is 0. The van der Waals surface area contributed by atoms with Gasteiger partial charge in [-0.2, -0.15) is 0 Å². The van der Waals surface area contributed by atoms with Crippen LogP contribution in [0.5, 0.6) is 0 Å². The molecule has 0 aliphatic carbocycles. The van der Waals surface area contributed by atoms with Gasteiger partial charge in [-0.3, -0.25) is 4.79 Å². The van der Waals surface area contributed by atoms with E-state index in [1.165, 1.54) is 32.5 Å². The van der Waals surface area contributed by atoms with Gasteiger partial charge in [0, 0.05) is 19.6 Å². The van der Waals surface area contributed by atoms with E-state index in [0.717, 1.165) is 32.4 Å². The van der Waals surface area contributed by atoms with Crippen LogP contribution < -0.4 is 5.73 Å². The van der Waals surface area contributed by atoms with Crippen molar-refractivity contribution in [1.29, 1.82) is 0 Å². The number of carbonyl (C=O) groups excluding carboxylic acids is 1. The second-order valence-corrected chi connectivity index (χ2v) is 6.58. The smallest absolute Gasteiger partial charge is 0.242 e. The predicted molar refractivity (Wildman–Crippen MR) is 77.9 cm³/mol. The molecule has 0 aromatic rings. The lowest BCUT2D eigenvalue weighted by molar-refractivity contribution is -0.135. The molecular weight excluding hydrogens is 238 g/mol. The molecule has 2 unspecified atom stereocenters. The van der Waals surface area contributed by atoms with Crippen LogP contribution in [0.4, 0.5) is 0 Å². The lowest BCUT2D eigenvalue weighted by Crippen LogP contribution is -2.52. The minimum atomic E-state index is -0.669. The molecule has 2 rings (SSSR count). The summed E-state index contributed by atoms with van der Waals surface area (Å²) in [5.41, 5.74) is 5.49. The van der Waals surface area contributed by atoms with E-state index in [0.29, 0.717) is 5.92 Å². The molecule has 110 valence electrons. The van der Waals surface area contributed by atoms with Crippen molar-refractivity contribution in [2.45, 2.75) is 51.5 Å². The van der Waals surface area contributed by atoms with Gasteiger partial charge in [-0.25, -0.2) is 0 Å². The molecular formula is C15H29N3O. The Bertz CT molecular complexity index is 311. The number of amides is 1. The number of hydrogen-bond donors (Lipinski definition) is 1. The van der Waals surface area contributed by atoms with E-state index in [1.54, 1.807) is 0 Å². The van der Waals surface area contributed by atoms with Crippen LogP contribution in [-0.4, -0.2) is 54.0 Å². The zero-order valence-corrected chi connectivity index (χ0v) is 12.5. The highest BCUT2D eigenvalue weighted by Crippen LogP contribution is 2.23. The Morgan fingerprint density at radius 3 is 2.63 bits per heavy atom. The maximum absolute atomic E-state index is 12.4. The number of likely N-dealkylation sites (tertiary alicyclic amines) is 2. The lowest BCUT2D eigenvalue weighted by Gasteiger charge is -2.29. The molecule has 2 aliphatic rings. The van der Waals surface area contributed by atoms with Gasteiger partial charge in [-0.15, -0.1) is 0 Å². The number of nitrogens with two attached hydrogens (primary N) is 1. The van der Waals surface area contributed by atoms with Crippen molar-refractivity contribution in [2.75, 3.05) is 32.7 Å². The fourth-order valence-corrected chi connectivity index (χ4v) is 3.48. The summed E-state index contributed by atoms with van der Waals surface area (Å²) in [6.45, 7) is 9.42. The van der Waals surface area contributed by atoms with Crippen molar-refractivity contribution in [3.05, 3.63) is 0 Å². The van der Waals surface area contributed by atoms with Crippen LogP contribution in [0.1, 0.15) is 46.0 Å². The van der Waals surface area contributed by atoms with E-state index in [1.807, 2.05) is 11.8 Å². The first-order valence-electron chi connectivity index (χ1n) is 7.83. The first-order chi connectivity index (χ1) is 9.03. The summed E-state index contributed by atoms with van der Waals surface area (Å²) in [5.74, 6) is 0.803. The van der Waals surface area contributed by atoms with E-state index in [4.69, 9.17) is 5.73 Å². The molecule has 0 spiro atoms. The third kappa shape index (κ3) is 3.69. The molecule has 4 heteroatoms. The van der Waals surface area contributed by atoms with Crippen molar-refractivity contribution < 1.29 is 4.79 Å². The highest BCUT2D eigenvalue weighted by atomic mass is 16.2. The largest absolute Gasteiger partial charge is 0.341 e. The molecule has 1 amide bonds. The van der Waals surface area contributed by atoms with Crippen molar-refractivity contribution in [1.82, 2.24) is 9.80 Å². The van der Waals surface area contributed by atoms with Crippen molar-refractivity contribution in [3.8, 4) is 0 Å². The van der Waals surface area contributed by atoms with Crippen LogP contribution in [-0.2, 0) is 4.79 Å². The quantitative estimate of drug-likeness (QED) is 0.820. The first kappa shape index (κ1) is 14.8. The molecule has 2 N–H and O–H groups in total. The highest BCUT2D eigenvalue weighted by Gasteiger charge is 2.36. The normalized spacial score (nSPS) is 27.7. The zero-order valence-electron chi connectivity index (χ0n) is 12.5. The second kappa shape index (κ2) is 6.23. The topological polar surface area (TPSA) is 49.6 Å². The minimum Gasteiger partial charge on any atom is -0.341 e. The molecule has 2 saturated heterocycles. The first-order valence-corrected chi connectivity index (χ1v) is 7.83. The molecule has 0 aromatic carbocycles. The van der Waals surface area contributed by atoms with E-state index in [-0.39, 0.29) is 5.91 Å². The number of nitrogens with zero attached hydrogens (tertiary/aromatic N) is 2. The maximum Gasteiger partial charge on any atom is 0.242 e. The Balaban J connectivity index is 1.82. The van der Waals surface area contributed by atoms with E-state index >= 15 is 0 Å². The molecule has 2 heterocycles. The van der Waals surface area contributed by atoms with Gasteiger partial charge in [0.25, 0.3) is 0 Å². The molecule has 2 fully saturated rings. The van der Waals surface area contributed by atoms with Gasteiger partial charge in [0.1, 0.15) is 0 Å².